The van der Waals surface area contributed by atoms with Crippen molar-refractivity contribution in [2.75, 3.05) is 13.7 Å². The van der Waals surface area contributed by atoms with Crippen molar-refractivity contribution in [3.05, 3.63) is 24.0 Å². The number of rotatable bonds is 7. The monoisotopic (exact) mass is 210 g/mol. The number of hydrogen-bond donors (Lipinski definition) is 2. The van der Waals surface area contributed by atoms with Gasteiger partial charge < -0.3 is 15.0 Å². The molecular weight excluding hydrogens is 188 g/mol. The minimum absolute atomic E-state index is 0.313. The van der Waals surface area contributed by atoms with Gasteiger partial charge in [-0.25, -0.2) is 0 Å². The molecule has 1 unspecified atom stereocenters. The van der Waals surface area contributed by atoms with Crippen molar-refractivity contribution < 1.29 is 5.11 Å². The van der Waals surface area contributed by atoms with E-state index >= 15 is 0 Å². The zero-order chi connectivity index (χ0) is 11.1. The predicted molar refractivity (Wildman–Crippen MR) is 62.8 cm³/mol. The second-order valence-corrected chi connectivity index (χ2v) is 3.98. The molecule has 1 heterocycles. The molecule has 0 aliphatic heterocycles. The van der Waals surface area contributed by atoms with Crippen LogP contribution in [-0.4, -0.2) is 23.3 Å². The van der Waals surface area contributed by atoms with Crippen LogP contribution in [0.3, 0.4) is 0 Å². The molecule has 0 saturated heterocycles. The second kappa shape index (κ2) is 6.64. The number of aromatic nitrogens is 1. The summed E-state index contributed by atoms with van der Waals surface area (Å²) >= 11 is 0. The summed E-state index contributed by atoms with van der Waals surface area (Å²) in [7, 11) is 1.98. The van der Waals surface area contributed by atoms with Crippen LogP contribution in [0.4, 0.5) is 0 Å². The van der Waals surface area contributed by atoms with E-state index in [1.807, 2.05) is 7.05 Å². The molecule has 3 heteroatoms. The van der Waals surface area contributed by atoms with Crippen LogP contribution in [0.15, 0.2) is 18.5 Å². The van der Waals surface area contributed by atoms with E-state index in [1.165, 1.54) is 5.56 Å². The molecule has 1 aromatic rings. The number of aliphatic hydroxyl groups excluding tert-OH is 1. The molecule has 86 valence electrons. The van der Waals surface area contributed by atoms with Gasteiger partial charge in [0.15, 0.2) is 0 Å². The lowest BCUT2D eigenvalue weighted by molar-refractivity contribution is 0.282. The Labute approximate surface area is 92.1 Å². The molecule has 0 aromatic carbocycles. The smallest absolute Gasteiger partial charge is 0.0431 e. The minimum Gasteiger partial charge on any atom is -0.396 e. The topological polar surface area (TPSA) is 37.2 Å². The van der Waals surface area contributed by atoms with E-state index < -0.39 is 0 Å². The first-order chi connectivity index (χ1) is 7.27. The lowest BCUT2D eigenvalue weighted by atomic mass is 10.2. The van der Waals surface area contributed by atoms with E-state index in [1.54, 1.807) is 0 Å². The number of aliphatic hydroxyl groups is 1. The first kappa shape index (κ1) is 12.3. The van der Waals surface area contributed by atoms with Crippen LogP contribution in [0, 0.1) is 0 Å². The summed E-state index contributed by atoms with van der Waals surface area (Å²) in [5.41, 5.74) is 1.33. The maximum Gasteiger partial charge on any atom is 0.0431 e. The van der Waals surface area contributed by atoms with Gasteiger partial charge in [0.05, 0.1) is 0 Å². The van der Waals surface area contributed by atoms with Crippen molar-refractivity contribution in [3.63, 3.8) is 0 Å². The first-order valence-electron chi connectivity index (χ1n) is 5.71. The predicted octanol–water partition coefficient (Wildman–Crippen LogP) is 1.93. The van der Waals surface area contributed by atoms with E-state index in [0.29, 0.717) is 12.6 Å². The first-order valence-corrected chi connectivity index (χ1v) is 5.71. The van der Waals surface area contributed by atoms with Gasteiger partial charge in [-0.2, -0.15) is 0 Å². The Balaban J connectivity index is 2.33. The summed E-state index contributed by atoms with van der Waals surface area (Å²) in [4.78, 5) is 0. The Morgan fingerprint density at radius 3 is 2.87 bits per heavy atom. The molecule has 1 rings (SSSR count). The van der Waals surface area contributed by atoms with Crippen LogP contribution in [0.2, 0.25) is 0 Å². The minimum atomic E-state index is 0.313. The van der Waals surface area contributed by atoms with Gasteiger partial charge in [-0.15, -0.1) is 0 Å². The number of nitrogens with one attached hydrogen (secondary N) is 1. The standard InChI is InChI=1S/C12H22N2O/c1-11(13-2)12-6-8-14(10-12)7-4-3-5-9-15/h6,8,10-11,13,15H,3-5,7,9H2,1-2H3. The molecule has 0 saturated carbocycles. The Bertz CT molecular complexity index is 270. The second-order valence-electron chi connectivity index (χ2n) is 3.98. The van der Waals surface area contributed by atoms with E-state index in [-0.39, 0.29) is 0 Å². The zero-order valence-corrected chi connectivity index (χ0v) is 9.74. The van der Waals surface area contributed by atoms with Gasteiger partial charge in [0.1, 0.15) is 0 Å². The summed E-state index contributed by atoms with van der Waals surface area (Å²) in [6, 6.07) is 2.58. The maximum absolute atomic E-state index is 8.66. The molecule has 0 radical (unpaired) electrons. The number of aryl methyl sites for hydroxylation is 1. The summed E-state index contributed by atoms with van der Waals surface area (Å²) in [6.45, 7) is 3.52. The lowest BCUT2D eigenvalue weighted by Gasteiger charge is -2.07. The van der Waals surface area contributed by atoms with Crippen molar-refractivity contribution >= 4 is 0 Å². The lowest BCUT2D eigenvalue weighted by Crippen LogP contribution is -2.11. The third kappa shape index (κ3) is 4.06. The van der Waals surface area contributed by atoms with Crippen LogP contribution < -0.4 is 5.32 Å². The van der Waals surface area contributed by atoms with Crippen molar-refractivity contribution in [1.29, 1.82) is 0 Å². The van der Waals surface area contributed by atoms with Gasteiger partial charge in [-0.3, -0.25) is 0 Å². The molecule has 15 heavy (non-hydrogen) atoms. The Hall–Kier alpha value is -0.800. The highest BCUT2D eigenvalue weighted by atomic mass is 16.2. The van der Waals surface area contributed by atoms with Gasteiger partial charge in [-0.05, 0) is 44.9 Å². The van der Waals surface area contributed by atoms with Crippen LogP contribution in [0.1, 0.15) is 37.8 Å². The van der Waals surface area contributed by atoms with Crippen molar-refractivity contribution in [1.82, 2.24) is 9.88 Å². The molecule has 1 atom stereocenters. The fraction of sp³-hybridized carbons (Fsp3) is 0.667. The third-order valence-corrected chi connectivity index (χ3v) is 2.78. The van der Waals surface area contributed by atoms with Crippen LogP contribution in [-0.2, 0) is 6.54 Å². The summed E-state index contributed by atoms with van der Waals surface area (Å²) < 4.78 is 2.22. The Morgan fingerprint density at radius 1 is 1.40 bits per heavy atom. The van der Waals surface area contributed by atoms with Gasteiger partial charge in [0.2, 0.25) is 0 Å². The van der Waals surface area contributed by atoms with Crippen LogP contribution in [0.5, 0.6) is 0 Å². The normalized spacial score (nSPS) is 13.0. The molecule has 0 aliphatic carbocycles. The van der Waals surface area contributed by atoms with E-state index in [4.69, 9.17) is 5.11 Å². The van der Waals surface area contributed by atoms with E-state index in [2.05, 4.69) is 35.3 Å². The quantitative estimate of drug-likeness (QED) is 0.675. The highest BCUT2D eigenvalue weighted by Gasteiger charge is 2.03. The summed E-state index contributed by atoms with van der Waals surface area (Å²) in [5.74, 6) is 0. The van der Waals surface area contributed by atoms with Gasteiger partial charge in [-0.1, -0.05) is 0 Å². The number of hydrogen-bond acceptors (Lipinski definition) is 2. The van der Waals surface area contributed by atoms with Gasteiger partial charge in [0.25, 0.3) is 0 Å². The fourth-order valence-corrected chi connectivity index (χ4v) is 1.60. The molecule has 2 N–H and O–H groups in total. The third-order valence-electron chi connectivity index (χ3n) is 2.78. The van der Waals surface area contributed by atoms with Crippen LogP contribution >= 0.6 is 0 Å². The molecule has 3 nitrogen and oxygen atoms in total. The molecule has 0 spiro atoms. The van der Waals surface area contributed by atoms with E-state index in [0.717, 1.165) is 25.8 Å². The molecular formula is C12H22N2O. The van der Waals surface area contributed by atoms with Crippen molar-refractivity contribution in [2.45, 2.75) is 38.8 Å². The highest BCUT2D eigenvalue weighted by Crippen LogP contribution is 2.12. The van der Waals surface area contributed by atoms with Gasteiger partial charge in [0, 0.05) is 31.6 Å². The Morgan fingerprint density at radius 2 is 2.20 bits per heavy atom. The zero-order valence-electron chi connectivity index (χ0n) is 9.74. The summed E-state index contributed by atoms with van der Waals surface area (Å²) in [6.07, 6.45) is 7.48. The SMILES string of the molecule is CNC(C)c1ccn(CCCCCO)c1. The molecule has 0 bridgehead atoms. The Kier molecular flexibility index (Phi) is 5.43. The van der Waals surface area contributed by atoms with Crippen LogP contribution in [0.25, 0.3) is 0 Å². The largest absolute Gasteiger partial charge is 0.396 e. The highest BCUT2D eigenvalue weighted by molar-refractivity contribution is 5.14. The molecule has 0 fully saturated rings. The molecule has 0 amide bonds. The molecule has 1 aromatic heterocycles. The fourth-order valence-electron chi connectivity index (χ4n) is 1.60. The molecule has 0 aliphatic rings. The number of nitrogens with zero attached hydrogens (tertiary/aromatic N) is 1. The van der Waals surface area contributed by atoms with E-state index in [9.17, 15) is 0 Å². The van der Waals surface area contributed by atoms with Gasteiger partial charge >= 0.3 is 0 Å². The maximum atomic E-state index is 8.66. The van der Waals surface area contributed by atoms with Crippen molar-refractivity contribution in [3.8, 4) is 0 Å². The average Bonchev–Trinajstić information content (AvgIpc) is 2.72. The summed E-state index contributed by atoms with van der Waals surface area (Å²) in [5, 5.41) is 11.9. The number of unbranched alkanes of at least 4 members (excludes halogenated alkanes) is 2. The van der Waals surface area contributed by atoms with Crippen molar-refractivity contribution in [2.24, 2.45) is 0 Å². The average molecular weight is 210 g/mol.